The molecule has 3 rings (SSSR count). The molecule has 2 aromatic heterocycles. The van der Waals surface area contributed by atoms with Crippen LogP contribution in [0.4, 0.5) is 9.93 Å². The normalized spacial score (nSPS) is 10.4. The second-order valence-electron chi connectivity index (χ2n) is 5.36. The van der Waals surface area contributed by atoms with Crippen LogP contribution in [0.15, 0.2) is 60.2 Å². The van der Waals surface area contributed by atoms with Gasteiger partial charge in [-0.25, -0.2) is 9.78 Å². The van der Waals surface area contributed by atoms with Crippen LogP contribution < -0.4 is 5.32 Å². The molecule has 0 aliphatic carbocycles. The number of hydrogen-bond acceptors (Lipinski definition) is 4. The van der Waals surface area contributed by atoms with Crippen LogP contribution in [0.1, 0.15) is 5.56 Å². The van der Waals surface area contributed by atoms with Gasteiger partial charge in [-0.2, -0.15) is 0 Å². The van der Waals surface area contributed by atoms with Crippen LogP contribution in [0, 0.1) is 0 Å². The minimum absolute atomic E-state index is 0.151. The van der Waals surface area contributed by atoms with E-state index in [1.54, 1.807) is 24.3 Å². The highest BCUT2D eigenvalue weighted by molar-refractivity contribution is 7.14. The number of thiazole rings is 1. The third-order valence-electron chi connectivity index (χ3n) is 3.62. The molecule has 0 spiro atoms. The first-order valence-electron chi connectivity index (χ1n) is 7.64. The van der Waals surface area contributed by atoms with E-state index in [2.05, 4.69) is 27.4 Å². The van der Waals surface area contributed by atoms with Crippen LogP contribution in [0.25, 0.3) is 11.3 Å². The summed E-state index contributed by atoms with van der Waals surface area (Å²) in [4.78, 5) is 22.4. The Morgan fingerprint density at radius 1 is 1.17 bits per heavy atom. The fourth-order valence-corrected chi connectivity index (χ4v) is 2.93. The number of benzene rings is 1. The van der Waals surface area contributed by atoms with Gasteiger partial charge in [-0.1, -0.05) is 30.3 Å². The Balaban J connectivity index is 1.55. The Hall–Kier alpha value is -2.73. The number of likely N-dealkylation sites (N-methyl/N-ethyl adjacent to an activating group) is 1. The number of carbonyl (C=O) groups is 1. The molecule has 1 aromatic carbocycles. The zero-order valence-corrected chi connectivity index (χ0v) is 14.2. The molecule has 5 nitrogen and oxygen atoms in total. The third kappa shape index (κ3) is 4.17. The summed E-state index contributed by atoms with van der Waals surface area (Å²) < 4.78 is 0. The predicted molar refractivity (Wildman–Crippen MR) is 97.1 cm³/mol. The zero-order chi connectivity index (χ0) is 16.8. The van der Waals surface area contributed by atoms with Crippen LogP contribution >= 0.6 is 11.3 Å². The van der Waals surface area contributed by atoms with Crippen LogP contribution in [0.2, 0.25) is 0 Å². The van der Waals surface area contributed by atoms with Gasteiger partial charge in [0.15, 0.2) is 5.13 Å². The van der Waals surface area contributed by atoms with Crippen molar-refractivity contribution in [3.63, 3.8) is 0 Å². The topological polar surface area (TPSA) is 58.1 Å². The molecule has 0 atom stereocenters. The van der Waals surface area contributed by atoms with E-state index in [1.807, 2.05) is 35.7 Å². The number of hydrogen-bond donors (Lipinski definition) is 1. The second kappa shape index (κ2) is 7.70. The molecule has 0 saturated heterocycles. The highest BCUT2D eigenvalue weighted by Gasteiger charge is 2.11. The van der Waals surface area contributed by atoms with Crippen molar-refractivity contribution in [2.45, 2.75) is 6.42 Å². The van der Waals surface area contributed by atoms with Gasteiger partial charge in [0.25, 0.3) is 0 Å². The minimum atomic E-state index is -0.151. The summed E-state index contributed by atoms with van der Waals surface area (Å²) in [6, 6.07) is 13.8. The third-order valence-corrected chi connectivity index (χ3v) is 4.38. The fourth-order valence-electron chi connectivity index (χ4n) is 2.22. The van der Waals surface area contributed by atoms with Crippen molar-refractivity contribution in [1.82, 2.24) is 14.9 Å². The van der Waals surface area contributed by atoms with Gasteiger partial charge >= 0.3 is 6.03 Å². The van der Waals surface area contributed by atoms with Crippen molar-refractivity contribution in [2.75, 3.05) is 18.9 Å². The van der Waals surface area contributed by atoms with Crippen LogP contribution in [0.5, 0.6) is 0 Å². The average molecular weight is 338 g/mol. The molecular formula is C18H18N4OS. The first-order valence-corrected chi connectivity index (χ1v) is 8.52. The highest BCUT2D eigenvalue weighted by Crippen LogP contribution is 2.24. The van der Waals surface area contributed by atoms with E-state index < -0.39 is 0 Å². The number of pyridine rings is 1. The molecule has 1 N–H and O–H groups in total. The molecule has 122 valence electrons. The van der Waals surface area contributed by atoms with Gasteiger partial charge in [0.1, 0.15) is 0 Å². The number of carbonyl (C=O) groups excluding carboxylic acids is 1. The van der Waals surface area contributed by atoms with Crippen molar-refractivity contribution in [3.8, 4) is 11.3 Å². The van der Waals surface area contributed by atoms with E-state index in [9.17, 15) is 4.79 Å². The number of urea groups is 1. The van der Waals surface area contributed by atoms with E-state index in [0.29, 0.717) is 11.7 Å². The Bertz CT molecular complexity index is 789. The van der Waals surface area contributed by atoms with Gasteiger partial charge in [-0.05, 0) is 24.1 Å². The number of anilines is 1. The van der Waals surface area contributed by atoms with E-state index in [-0.39, 0.29) is 6.03 Å². The number of rotatable bonds is 5. The van der Waals surface area contributed by atoms with Crippen molar-refractivity contribution in [3.05, 3.63) is 65.8 Å². The largest absolute Gasteiger partial charge is 0.327 e. The van der Waals surface area contributed by atoms with Crippen molar-refractivity contribution in [1.29, 1.82) is 0 Å². The summed E-state index contributed by atoms with van der Waals surface area (Å²) in [6.45, 7) is 0.651. The number of nitrogens with zero attached hydrogens (tertiary/aromatic N) is 3. The van der Waals surface area contributed by atoms with Gasteiger partial charge in [-0.15, -0.1) is 11.3 Å². The summed E-state index contributed by atoms with van der Waals surface area (Å²) in [5, 5.41) is 5.37. The Kier molecular flexibility index (Phi) is 5.18. The van der Waals surface area contributed by atoms with E-state index in [4.69, 9.17) is 0 Å². The molecule has 24 heavy (non-hydrogen) atoms. The monoisotopic (exact) mass is 338 g/mol. The van der Waals surface area contributed by atoms with Crippen LogP contribution in [-0.4, -0.2) is 34.5 Å². The Morgan fingerprint density at radius 3 is 2.67 bits per heavy atom. The quantitative estimate of drug-likeness (QED) is 0.767. The van der Waals surface area contributed by atoms with Crippen LogP contribution in [0.3, 0.4) is 0 Å². The molecule has 2 amide bonds. The molecule has 0 aliphatic heterocycles. The van der Waals surface area contributed by atoms with Gasteiger partial charge in [0.05, 0.1) is 5.69 Å². The maximum Gasteiger partial charge on any atom is 0.323 e. The SMILES string of the molecule is CN(CCc1ccccc1)C(=O)Nc1nc(-c2ccncc2)cs1. The molecule has 6 heteroatoms. The molecule has 2 heterocycles. The first kappa shape index (κ1) is 16.1. The van der Waals surface area contributed by atoms with Crippen molar-refractivity contribution in [2.24, 2.45) is 0 Å². The maximum absolute atomic E-state index is 12.3. The lowest BCUT2D eigenvalue weighted by molar-refractivity contribution is 0.223. The summed E-state index contributed by atoms with van der Waals surface area (Å²) in [7, 11) is 1.79. The van der Waals surface area contributed by atoms with Gasteiger partial charge in [-0.3, -0.25) is 10.3 Å². The average Bonchev–Trinajstić information content (AvgIpc) is 3.10. The Morgan fingerprint density at radius 2 is 1.92 bits per heavy atom. The smallest absolute Gasteiger partial charge is 0.323 e. The summed E-state index contributed by atoms with van der Waals surface area (Å²) in [6.07, 6.45) is 4.28. The van der Waals surface area contributed by atoms with E-state index >= 15 is 0 Å². The summed E-state index contributed by atoms with van der Waals surface area (Å²) >= 11 is 1.41. The van der Waals surface area contributed by atoms with E-state index in [1.165, 1.54) is 16.9 Å². The minimum Gasteiger partial charge on any atom is -0.327 e. The van der Waals surface area contributed by atoms with Gasteiger partial charge in [0, 0.05) is 36.9 Å². The van der Waals surface area contributed by atoms with Crippen LogP contribution in [-0.2, 0) is 6.42 Å². The molecule has 0 bridgehead atoms. The first-order chi connectivity index (χ1) is 11.7. The fraction of sp³-hybridized carbons (Fsp3) is 0.167. The number of amides is 2. The summed E-state index contributed by atoms with van der Waals surface area (Å²) in [5.74, 6) is 0. The zero-order valence-electron chi connectivity index (χ0n) is 13.3. The molecule has 0 fully saturated rings. The summed E-state index contributed by atoms with van der Waals surface area (Å²) in [5.41, 5.74) is 3.04. The number of aromatic nitrogens is 2. The molecule has 3 aromatic rings. The predicted octanol–water partition coefficient (Wildman–Crippen LogP) is 3.91. The maximum atomic E-state index is 12.3. The lowest BCUT2D eigenvalue weighted by Crippen LogP contribution is -2.32. The van der Waals surface area contributed by atoms with Crippen molar-refractivity contribution < 1.29 is 4.79 Å². The lowest BCUT2D eigenvalue weighted by Gasteiger charge is -2.16. The second-order valence-corrected chi connectivity index (χ2v) is 6.22. The highest BCUT2D eigenvalue weighted by atomic mass is 32.1. The molecule has 0 radical (unpaired) electrons. The van der Waals surface area contributed by atoms with E-state index in [0.717, 1.165) is 17.7 Å². The molecule has 0 saturated carbocycles. The van der Waals surface area contributed by atoms with Crippen molar-refractivity contribution >= 4 is 22.5 Å². The molecule has 0 aliphatic rings. The number of nitrogens with one attached hydrogen (secondary N) is 1. The molecule has 0 unspecified atom stereocenters. The lowest BCUT2D eigenvalue weighted by atomic mass is 10.1. The standard InChI is InChI=1S/C18H18N4OS/c1-22(12-9-14-5-3-2-4-6-14)18(23)21-17-20-16(13-24-17)15-7-10-19-11-8-15/h2-8,10-11,13H,9,12H2,1H3,(H,20,21,23). The Labute approximate surface area is 145 Å². The van der Waals surface area contributed by atoms with Gasteiger partial charge < -0.3 is 4.90 Å². The molecular weight excluding hydrogens is 320 g/mol. The van der Waals surface area contributed by atoms with Gasteiger partial charge in [0.2, 0.25) is 0 Å².